The van der Waals surface area contributed by atoms with Crippen molar-refractivity contribution in [2.24, 2.45) is 5.41 Å². The van der Waals surface area contributed by atoms with Gasteiger partial charge in [-0.25, -0.2) is 4.98 Å². The Balaban J connectivity index is 1.94. The van der Waals surface area contributed by atoms with Crippen LogP contribution in [0.1, 0.15) is 32.0 Å². The fourth-order valence-electron chi connectivity index (χ4n) is 1.94. The zero-order chi connectivity index (χ0) is 12.0. The van der Waals surface area contributed by atoms with E-state index in [1.165, 1.54) is 0 Å². The Hall–Kier alpha value is -1.91. The lowest BCUT2D eigenvalue weighted by Crippen LogP contribution is -1.92. The Morgan fingerprint density at radius 3 is 2.88 bits per heavy atom. The van der Waals surface area contributed by atoms with Crippen LogP contribution >= 0.6 is 0 Å². The van der Waals surface area contributed by atoms with Gasteiger partial charge in [0.1, 0.15) is 5.75 Å². The highest BCUT2D eigenvalue weighted by Crippen LogP contribution is 2.57. The standard InChI is InChI=1S/C12H13N3O2/c1-12(2)6-7(12)10-14-11(17-15-10)9-8(16)4-3-5-13-9/h3-5,7,16H,6H2,1-2H3. The quantitative estimate of drug-likeness (QED) is 0.858. The summed E-state index contributed by atoms with van der Waals surface area (Å²) in [6, 6.07) is 3.20. The first-order chi connectivity index (χ1) is 8.08. The van der Waals surface area contributed by atoms with E-state index in [0.29, 0.717) is 17.4 Å². The average Bonchev–Trinajstić information content (AvgIpc) is 2.76. The summed E-state index contributed by atoms with van der Waals surface area (Å²) in [6.45, 7) is 4.35. The van der Waals surface area contributed by atoms with Crippen LogP contribution in [0, 0.1) is 5.41 Å². The summed E-state index contributed by atoms with van der Waals surface area (Å²) in [7, 11) is 0. The molecule has 0 spiro atoms. The topological polar surface area (TPSA) is 72.0 Å². The second-order valence-corrected chi connectivity index (χ2v) is 5.07. The molecule has 1 aliphatic rings. The smallest absolute Gasteiger partial charge is 0.280 e. The monoisotopic (exact) mass is 231 g/mol. The Morgan fingerprint density at radius 2 is 2.24 bits per heavy atom. The molecular formula is C12H13N3O2. The van der Waals surface area contributed by atoms with Crippen LogP contribution in [0.4, 0.5) is 0 Å². The highest BCUT2D eigenvalue weighted by atomic mass is 16.5. The van der Waals surface area contributed by atoms with Crippen LogP contribution in [0.5, 0.6) is 5.75 Å². The highest BCUT2D eigenvalue weighted by molar-refractivity contribution is 5.56. The second-order valence-electron chi connectivity index (χ2n) is 5.07. The summed E-state index contributed by atoms with van der Waals surface area (Å²) in [6.07, 6.45) is 2.65. The van der Waals surface area contributed by atoms with Gasteiger partial charge >= 0.3 is 0 Å². The third-order valence-corrected chi connectivity index (χ3v) is 3.26. The first-order valence-corrected chi connectivity index (χ1v) is 5.56. The van der Waals surface area contributed by atoms with E-state index >= 15 is 0 Å². The van der Waals surface area contributed by atoms with E-state index in [2.05, 4.69) is 29.0 Å². The molecule has 0 radical (unpaired) electrons. The van der Waals surface area contributed by atoms with Crippen LogP contribution in [0.25, 0.3) is 11.6 Å². The maximum Gasteiger partial charge on any atom is 0.280 e. The van der Waals surface area contributed by atoms with Crippen LogP contribution < -0.4 is 0 Å². The summed E-state index contributed by atoms with van der Waals surface area (Å²) >= 11 is 0. The molecule has 1 unspecified atom stereocenters. The minimum Gasteiger partial charge on any atom is -0.505 e. The van der Waals surface area contributed by atoms with Crippen molar-refractivity contribution >= 4 is 0 Å². The Labute approximate surface area is 98.5 Å². The molecule has 5 heteroatoms. The van der Waals surface area contributed by atoms with Gasteiger partial charge in [0.2, 0.25) is 0 Å². The van der Waals surface area contributed by atoms with Gasteiger partial charge in [0, 0.05) is 12.1 Å². The maximum absolute atomic E-state index is 9.64. The minimum absolute atomic E-state index is 0.0535. The molecule has 2 heterocycles. The molecule has 5 nitrogen and oxygen atoms in total. The molecule has 1 N–H and O–H groups in total. The van der Waals surface area contributed by atoms with Gasteiger partial charge in [-0.3, -0.25) is 0 Å². The number of hydrogen-bond acceptors (Lipinski definition) is 5. The third kappa shape index (κ3) is 1.67. The normalized spacial score (nSPS) is 21.4. The lowest BCUT2D eigenvalue weighted by Gasteiger charge is -1.96. The van der Waals surface area contributed by atoms with E-state index < -0.39 is 0 Å². The van der Waals surface area contributed by atoms with Crippen molar-refractivity contribution in [1.29, 1.82) is 0 Å². The molecule has 17 heavy (non-hydrogen) atoms. The van der Waals surface area contributed by atoms with E-state index in [1.54, 1.807) is 18.3 Å². The van der Waals surface area contributed by atoms with Crippen LogP contribution in [0.15, 0.2) is 22.9 Å². The molecule has 0 bridgehead atoms. The molecular weight excluding hydrogens is 218 g/mol. The first-order valence-electron chi connectivity index (χ1n) is 5.56. The fraction of sp³-hybridized carbons (Fsp3) is 0.417. The molecule has 1 atom stereocenters. The SMILES string of the molecule is CC1(C)CC1c1noc(-c2ncccc2O)n1. The van der Waals surface area contributed by atoms with Crippen molar-refractivity contribution < 1.29 is 9.63 Å². The second kappa shape index (κ2) is 3.29. The Kier molecular flexibility index (Phi) is 1.98. The van der Waals surface area contributed by atoms with Gasteiger partial charge in [0.25, 0.3) is 5.89 Å². The van der Waals surface area contributed by atoms with Crippen LogP contribution in [-0.2, 0) is 0 Å². The third-order valence-electron chi connectivity index (χ3n) is 3.26. The highest BCUT2D eigenvalue weighted by Gasteiger charge is 2.49. The number of nitrogens with zero attached hydrogens (tertiary/aromatic N) is 3. The lowest BCUT2D eigenvalue weighted by atomic mass is 10.1. The first kappa shape index (κ1) is 10.3. The summed E-state index contributed by atoms with van der Waals surface area (Å²) < 4.78 is 5.14. The Morgan fingerprint density at radius 1 is 1.47 bits per heavy atom. The summed E-state index contributed by atoms with van der Waals surface area (Å²) in [5.41, 5.74) is 0.595. The molecule has 88 valence electrons. The van der Waals surface area contributed by atoms with Crippen molar-refractivity contribution in [3.8, 4) is 17.3 Å². The molecule has 1 saturated carbocycles. The average molecular weight is 231 g/mol. The summed E-state index contributed by atoms with van der Waals surface area (Å²) in [5.74, 6) is 1.39. The van der Waals surface area contributed by atoms with Gasteiger partial charge in [0.05, 0.1) is 0 Å². The zero-order valence-electron chi connectivity index (χ0n) is 9.71. The molecule has 0 amide bonds. The lowest BCUT2D eigenvalue weighted by molar-refractivity contribution is 0.413. The zero-order valence-corrected chi connectivity index (χ0v) is 9.71. The van der Waals surface area contributed by atoms with E-state index in [9.17, 15) is 5.11 Å². The Bertz CT molecular complexity index is 562. The molecule has 1 aliphatic carbocycles. The number of rotatable bonds is 2. The number of pyridine rings is 1. The van der Waals surface area contributed by atoms with E-state index in [-0.39, 0.29) is 17.1 Å². The minimum atomic E-state index is 0.0535. The largest absolute Gasteiger partial charge is 0.505 e. The summed E-state index contributed by atoms with van der Waals surface area (Å²) in [5, 5.41) is 13.6. The van der Waals surface area contributed by atoms with Gasteiger partial charge in [0.15, 0.2) is 11.5 Å². The summed E-state index contributed by atoms with van der Waals surface area (Å²) in [4.78, 5) is 8.33. The molecule has 0 saturated heterocycles. The van der Waals surface area contributed by atoms with Gasteiger partial charge < -0.3 is 9.63 Å². The van der Waals surface area contributed by atoms with Crippen molar-refractivity contribution in [2.45, 2.75) is 26.2 Å². The van der Waals surface area contributed by atoms with Gasteiger partial charge in [-0.2, -0.15) is 4.98 Å². The van der Waals surface area contributed by atoms with Crippen molar-refractivity contribution in [1.82, 2.24) is 15.1 Å². The molecule has 1 fully saturated rings. The van der Waals surface area contributed by atoms with Crippen LogP contribution in [-0.4, -0.2) is 20.2 Å². The molecule has 0 aromatic carbocycles. The predicted octanol–water partition coefficient (Wildman–Crippen LogP) is 2.35. The van der Waals surface area contributed by atoms with E-state index in [1.807, 2.05) is 0 Å². The maximum atomic E-state index is 9.64. The van der Waals surface area contributed by atoms with E-state index in [0.717, 1.165) is 6.42 Å². The van der Waals surface area contributed by atoms with Crippen LogP contribution in [0.3, 0.4) is 0 Å². The molecule has 2 aromatic rings. The number of aromatic nitrogens is 3. The van der Waals surface area contributed by atoms with Gasteiger partial charge in [-0.15, -0.1) is 0 Å². The molecule has 2 aromatic heterocycles. The molecule has 0 aliphatic heterocycles. The number of aromatic hydroxyl groups is 1. The van der Waals surface area contributed by atoms with Crippen LogP contribution in [0.2, 0.25) is 0 Å². The van der Waals surface area contributed by atoms with Crippen molar-refractivity contribution in [3.63, 3.8) is 0 Å². The van der Waals surface area contributed by atoms with Crippen molar-refractivity contribution in [3.05, 3.63) is 24.2 Å². The van der Waals surface area contributed by atoms with E-state index in [4.69, 9.17) is 4.52 Å². The van der Waals surface area contributed by atoms with Crippen molar-refractivity contribution in [2.75, 3.05) is 0 Å². The van der Waals surface area contributed by atoms with Gasteiger partial charge in [-0.05, 0) is 24.0 Å². The number of hydrogen-bond donors (Lipinski definition) is 1. The molecule has 3 rings (SSSR count). The predicted molar refractivity (Wildman–Crippen MR) is 60.3 cm³/mol. The van der Waals surface area contributed by atoms with Gasteiger partial charge in [-0.1, -0.05) is 19.0 Å². The fourth-order valence-corrected chi connectivity index (χ4v) is 1.94.